The largest absolute Gasteiger partial charge is 0.379 e. The first kappa shape index (κ1) is 15.0. The molecule has 0 spiro atoms. The van der Waals surface area contributed by atoms with E-state index in [1.807, 2.05) is 42.7 Å². The third-order valence-electron chi connectivity index (χ3n) is 3.41. The summed E-state index contributed by atoms with van der Waals surface area (Å²) in [4.78, 5) is 15.0. The van der Waals surface area contributed by atoms with Crippen molar-refractivity contribution in [3.63, 3.8) is 0 Å². The minimum atomic E-state index is -0.0148. The molecule has 0 saturated heterocycles. The van der Waals surface area contributed by atoms with Gasteiger partial charge in [-0.25, -0.2) is 0 Å². The summed E-state index contributed by atoms with van der Waals surface area (Å²) in [5, 5.41) is 6.27. The zero-order valence-electron chi connectivity index (χ0n) is 12.7. The molecular formula is C17H21N3O. The van der Waals surface area contributed by atoms with E-state index in [2.05, 4.69) is 29.5 Å². The van der Waals surface area contributed by atoms with Gasteiger partial charge in [0.05, 0.1) is 0 Å². The Hall–Kier alpha value is -2.36. The number of pyridine rings is 1. The molecule has 1 aromatic carbocycles. The van der Waals surface area contributed by atoms with Crippen molar-refractivity contribution in [2.24, 2.45) is 0 Å². The molecule has 2 aromatic rings. The maximum absolute atomic E-state index is 10.9. The molecule has 0 bridgehead atoms. The van der Waals surface area contributed by atoms with Gasteiger partial charge in [-0.15, -0.1) is 0 Å². The number of carbonyl (C=O) groups excluding carboxylic acids is 1. The summed E-state index contributed by atoms with van der Waals surface area (Å²) in [5.41, 5.74) is 4.57. The van der Waals surface area contributed by atoms with E-state index in [1.165, 1.54) is 18.1 Å². The fourth-order valence-electron chi connectivity index (χ4n) is 2.24. The zero-order valence-corrected chi connectivity index (χ0v) is 12.7. The standard InChI is InChI=1S/C17H21N3O/c1-12-10-18-9-8-17(12)13(2)20-16-6-4-15(5-7-16)11-19-14(3)21/h4-10,13,20H,11H2,1-3H3,(H,19,21). The zero-order chi connectivity index (χ0) is 15.2. The first-order valence-electron chi connectivity index (χ1n) is 7.06. The quantitative estimate of drug-likeness (QED) is 0.886. The van der Waals surface area contributed by atoms with E-state index in [0.29, 0.717) is 6.54 Å². The molecular weight excluding hydrogens is 262 g/mol. The van der Waals surface area contributed by atoms with Gasteiger partial charge in [-0.05, 0) is 48.7 Å². The van der Waals surface area contributed by atoms with Crippen LogP contribution in [0.3, 0.4) is 0 Å². The first-order chi connectivity index (χ1) is 10.1. The fourth-order valence-corrected chi connectivity index (χ4v) is 2.24. The highest BCUT2D eigenvalue weighted by Crippen LogP contribution is 2.21. The second-order valence-corrected chi connectivity index (χ2v) is 5.20. The first-order valence-corrected chi connectivity index (χ1v) is 7.06. The highest BCUT2D eigenvalue weighted by atomic mass is 16.1. The van der Waals surface area contributed by atoms with Crippen LogP contribution in [-0.4, -0.2) is 10.9 Å². The maximum atomic E-state index is 10.9. The molecule has 0 fully saturated rings. The molecule has 1 atom stereocenters. The molecule has 110 valence electrons. The van der Waals surface area contributed by atoms with Crippen molar-refractivity contribution in [1.29, 1.82) is 0 Å². The molecule has 1 amide bonds. The Morgan fingerprint density at radius 2 is 1.95 bits per heavy atom. The smallest absolute Gasteiger partial charge is 0.217 e. The second-order valence-electron chi connectivity index (χ2n) is 5.20. The number of rotatable bonds is 5. The Morgan fingerprint density at radius 3 is 2.57 bits per heavy atom. The van der Waals surface area contributed by atoms with E-state index in [-0.39, 0.29) is 11.9 Å². The van der Waals surface area contributed by atoms with Gasteiger partial charge < -0.3 is 10.6 Å². The predicted molar refractivity (Wildman–Crippen MR) is 85.0 cm³/mol. The van der Waals surface area contributed by atoms with Gasteiger partial charge in [-0.1, -0.05) is 12.1 Å². The molecule has 4 heteroatoms. The highest BCUT2D eigenvalue weighted by Gasteiger charge is 2.07. The number of nitrogens with one attached hydrogen (secondary N) is 2. The average molecular weight is 283 g/mol. The molecule has 2 rings (SSSR count). The number of aryl methyl sites for hydroxylation is 1. The van der Waals surface area contributed by atoms with E-state index in [4.69, 9.17) is 0 Å². The van der Waals surface area contributed by atoms with E-state index < -0.39 is 0 Å². The molecule has 0 aliphatic heterocycles. The van der Waals surface area contributed by atoms with Crippen molar-refractivity contribution in [3.8, 4) is 0 Å². The Kier molecular flexibility index (Phi) is 4.93. The van der Waals surface area contributed by atoms with Crippen molar-refractivity contribution >= 4 is 11.6 Å². The van der Waals surface area contributed by atoms with Crippen molar-refractivity contribution in [2.45, 2.75) is 33.4 Å². The van der Waals surface area contributed by atoms with Gasteiger partial charge in [-0.3, -0.25) is 9.78 Å². The van der Waals surface area contributed by atoms with Crippen LogP contribution in [0.2, 0.25) is 0 Å². The molecule has 0 aliphatic carbocycles. The van der Waals surface area contributed by atoms with E-state index in [0.717, 1.165) is 11.3 Å². The molecule has 1 unspecified atom stereocenters. The molecule has 4 nitrogen and oxygen atoms in total. The molecule has 0 aliphatic rings. The van der Waals surface area contributed by atoms with Crippen LogP contribution >= 0.6 is 0 Å². The number of amides is 1. The van der Waals surface area contributed by atoms with Crippen LogP contribution < -0.4 is 10.6 Å². The highest BCUT2D eigenvalue weighted by molar-refractivity contribution is 5.72. The summed E-state index contributed by atoms with van der Waals surface area (Å²) in [6.07, 6.45) is 3.70. The number of carbonyl (C=O) groups is 1. The topological polar surface area (TPSA) is 54.0 Å². The Bertz CT molecular complexity index is 608. The third kappa shape index (κ3) is 4.31. The van der Waals surface area contributed by atoms with Crippen LogP contribution in [0.25, 0.3) is 0 Å². The number of nitrogens with zero attached hydrogens (tertiary/aromatic N) is 1. The molecule has 0 radical (unpaired) electrons. The van der Waals surface area contributed by atoms with Crippen molar-refractivity contribution < 1.29 is 4.79 Å². The van der Waals surface area contributed by atoms with Crippen LogP contribution in [0, 0.1) is 6.92 Å². The van der Waals surface area contributed by atoms with Gasteiger partial charge in [0.15, 0.2) is 0 Å². The fraction of sp³-hybridized carbons (Fsp3) is 0.294. The Labute approximate surface area is 125 Å². The number of anilines is 1. The summed E-state index contributed by atoms with van der Waals surface area (Å²) in [6.45, 7) is 6.29. The maximum Gasteiger partial charge on any atom is 0.217 e. The summed E-state index contributed by atoms with van der Waals surface area (Å²) in [7, 11) is 0. The molecule has 0 saturated carbocycles. The van der Waals surface area contributed by atoms with Crippen molar-refractivity contribution in [1.82, 2.24) is 10.3 Å². The number of hydrogen-bond donors (Lipinski definition) is 2. The summed E-state index contributed by atoms with van der Waals surface area (Å²) in [6, 6.07) is 10.4. The minimum absolute atomic E-state index is 0.0148. The van der Waals surface area contributed by atoms with Crippen LogP contribution in [-0.2, 0) is 11.3 Å². The number of aromatic nitrogens is 1. The lowest BCUT2D eigenvalue weighted by molar-refractivity contribution is -0.119. The third-order valence-corrected chi connectivity index (χ3v) is 3.41. The molecule has 1 heterocycles. The van der Waals surface area contributed by atoms with Gasteiger partial charge in [0.25, 0.3) is 0 Å². The van der Waals surface area contributed by atoms with Gasteiger partial charge in [0.2, 0.25) is 5.91 Å². The lowest BCUT2D eigenvalue weighted by Crippen LogP contribution is -2.18. The van der Waals surface area contributed by atoms with Gasteiger partial charge in [-0.2, -0.15) is 0 Å². The Balaban J connectivity index is 2.00. The molecule has 1 aromatic heterocycles. The summed E-state index contributed by atoms with van der Waals surface area (Å²) in [5.74, 6) is -0.0148. The van der Waals surface area contributed by atoms with E-state index in [9.17, 15) is 4.79 Å². The lowest BCUT2D eigenvalue weighted by atomic mass is 10.0. The van der Waals surface area contributed by atoms with Gasteiger partial charge in [0.1, 0.15) is 0 Å². The monoisotopic (exact) mass is 283 g/mol. The van der Waals surface area contributed by atoms with Crippen molar-refractivity contribution in [3.05, 3.63) is 59.4 Å². The molecule has 21 heavy (non-hydrogen) atoms. The lowest BCUT2D eigenvalue weighted by Gasteiger charge is -2.17. The number of hydrogen-bond acceptors (Lipinski definition) is 3. The van der Waals surface area contributed by atoms with E-state index in [1.54, 1.807) is 0 Å². The second kappa shape index (κ2) is 6.88. The van der Waals surface area contributed by atoms with Crippen LogP contribution in [0.15, 0.2) is 42.7 Å². The van der Waals surface area contributed by atoms with Crippen LogP contribution in [0.5, 0.6) is 0 Å². The average Bonchev–Trinajstić information content (AvgIpc) is 2.47. The summed E-state index contributed by atoms with van der Waals surface area (Å²) >= 11 is 0. The van der Waals surface area contributed by atoms with Crippen LogP contribution in [0.4, 0.5) is 5.69 Å². The molecule has 2 N–H and O–H groups in total. The van der Waals surface area contributed by atoms with Gasteiger partial charge >= 0.3 is 0 Å². The van der Waals surface area contributed by atoms with Crippen LogP contribution in [0.1, 0.15) is 36.6 Å². The Morgan fingerprint density at radius 1 is 1.24 bits per heavy atom. The van der Waals surface area contributed by atoms with E-state index >= 15 is 0 Å². The van der Waals surface area contributed by atoms with Crippen molar-refractivity contribution in [2.75, 3.05) is 5.32 Å². The number of benzene rings is 1. The predicted octanol–water partition coefficient (Wildman–Crippen LogP) is 3.20. The normalized spacial score (nSPS) is 11.8. The minimum Gasteiger partial charge on any atom is -0.379 e. The SMILES string of the molecule is CC(=O)NCc1ccc(NC(C)c2ccncc2C)cc1. The summed E-state index contributed by atoms with van der Waals surface area (Å²) < 4.78 is 0. The van der Waals surface area contributed by atoms with Gasteiger partial charge in [0, 0.05) is 37.6 Å².